The fraction of sp³-hybridized carbons (Fsp3) is 0.0667. The first kappa shape index (κ1) is 22.7. The van der Waals surface area contributed by atoms with Gasteiger partial charge in [0.1, 0.15) is 0 Å². The largest absolute Gasteiger partial charge is 0.418 e. The van der Waals surface area contributed by atoms with Crippen LogP contribution in [0.15, 0.2) is 109 Å². The summed E-state index contributed by atoms with van der Waals surface area (Å²) >= 11 is 0. The Bertz CT molecular complexity index is 1200. The van der Waals surface area contributed by atoms with Crippen LogP contribution in [0.4, 0.5) is 0 Å². The first-order chi connectivity index (χ1) is 16.5. The summed E-state index contributed by atoms with van der Waals surface area (Å²) in [6.07, 6.45) is 0. The summed E-state index contributed by atoms with van der Waals surface area (Å²) in [5.74, 6) is -0.753. The molecule has 0 heterocycles. The summed E-state index contributed by atoms with van der Waals surface area (Å²) in [4.78, 5) is 26.1. The van der Waals surface area contributed by atoms with Crippen LogP contribution in [0, 0.1) is 13.8 Å². The number of aryl methyl sites for hydroxylation is 2. The van der Waals surface area contributed by atoms with Gasteiger partial charge in [-0.25, -0.2) is 9.59 Å². The fourth-order valence-corrected chi connectivity index (χ4v) is 3.33. The molecule has 0 aliphatic heterocycles. The summed E-state index contributed by atoms with van der Waals surface area (Å²) in [6.45, 7) is 3.94. The molecule has 34 heavy (non-hydrogen) atoms. The van der Waals surface area contributed by atoms with Crippen molar-refractivity contribution in [3.63, 3.8) is 0 Å². The summed E-state index contributed by atoms with van der Waals surface area (Å²) in [7, 11) is 0. The third-order valence-corrected chi connectivity index (χ3v) is 5.24. The van der Waals surface area contributed by atoms with Crippen molar-refractivity contribution in [2.45, 2.75) is 13.8 Å². The van der Waals surface area contributed by atoms with Crippen molar-refractivity contribution >= 4 is 23.5 Å². The van der Waals surface area contributed by atoms with Crippen LogP contribution in [-0.4, -0.2) is 11.9 Å². The lowest BCUT2D eigenvalue weighted by molar-refractivity contribution is 0.0647. The van der Waals surface area contributed by atoms with Crippen molar-refractivity contribution in [1.29, 1.82) is 0 Å². The highest BCUT2D eigenvalue weighted by molar-refractivity contribution is 6.00. The maximum atomic E-state index is 13.0. The van der Waals surface area contributed by atoms with Crippen LogP contribution in [0.2, 0.25) is 0 Å². The van der Waals surface area contributed by atoms with Gasteiger partial charge in [0.25, 0.3) is 0 Å². The normalized spacial score (nSPS) is 11.4. The van der Waals surface area contributed by atoms with Gasteiger partial charge in [-0.05, 0) is 38.1 Å². The Labute approximate surface area is 199 Å². The van der Waals surface area contributed by atoms with Gasteiger partial charge >= 0.3 is 11.9 Å². The van der Waals surface area contributed by atoms with E-state index < -0.39 is 11.9 Å². The van der Waals surface area contributed by atoms with Gasteiger partial charge in [0.05, 0.1) is 11.1 Å². The summed E-state index contributed by atoms with van der Waals surface area (Å²) in [6, 6.07) is 32.4. The third kappa shape index (κ3) is 5.48. The zero-order valence-corrected chi connectivity index (χ0v) is 19.0. The van der Waals surface area contributed by atoms with Crippen molar-refractivity contribution in [2.24, 2.45) is 0 Å². The minimum absolute atomic E-state index is 0.169. The maximum Gasteiger partial charge on any atom is 0.343 e. The summed E-state index contributed by atoms with van der Waals surface area (Å²) in [5.41, 5.74) is 4.12. The standard InChI is InChI=1S/C30H24O4/c1-21-13-17-23(18-14-21)27(33-29(31)25-9-5-3-6-10-25)28(24-19-15-22(2)16-20-24)34-30(32)26-11-7-4-8-12-26/h3-20H,1-2H3. The van der Waals surface area contributed by atoms with Gasteiger partial charge in [0.15, 0.2) is 11.5 Å². The van der Waals surface area contributed by atoms with E-state index in [1.165, 1.54) is 0 Å². The zero-order chi connectivity index (χ0) is 23.9. The number of hydrogen-bond acceptors (Lipinski definition) is 4. The number of carbonyl (C=O) groups excluding carboxylic acids is 2. The molecular formula is C30H24O4. The second kappa shape index (κ2) is 10.5. The Morgan fingerprint density at radius 3 is 1.09 bits per heavy atom. The van der Waals surface area contributed by atoms with Crippen LogP contribution in [0.3, 0.4) is 0 Å². The molecule has 0 fully saturated rings. The second-order valence-corrected chi connectivity index (χ2v) is 7.90. The minimum Gasteiger partial charge on any atom is -0.418 e. The van der Waals surface area contributed by atoms with Gasteiger partial charge in [-0.2, -0.15) is 0 Å². The number of hydrogen-bond donors (Lipinski definition) is 0. The van der Waals surface area contributed by atoms with Crippen LogP contribution < -0.4 is 0 Å². The van der Waals surface area contributed by atoms with E-state index in [0.717, 1.165) is 11.1 Å². The van der Waals surface area contributed by atoms with E-state index in [0.29, 0.717) is 22.3 Å². The molecule has 0 N–H and O–H groups in total. The number of rotatable bonds is 6. The monoisotopic (exact) mass is 448 g/mol. The molecule has 0 spiro atoms. The van der Waals surface area contributed by atoms with Gasteiger partial charge in [-0.1, -0.05) is 96.1 Å². The van der Waals surface area contributed by atoms with E-state index in [2.05, 4.69) is 0 Å². The van der Waals surface area contributed by atoms with E-state index in [4.69, 9.17) is 9.47 Å². The van der Waals surface area contributed by atoms with Crippen LogP contribution in [0.5, 0.6) is 0 Å². The molecule has 0 atom stereocenters. The SMILES string of the molecule is Cc1ccc(C(OC(=O)c2ccccc2)=C(OC(=O)c2ccccc2)c2ccc(C)cc2)cc1. The van der Waals surface area contributed by atoms with Gasteiger partial charge < -0.3 is 9.47 Å². The molecular weight excluding hydrogens is 424 g/mol. The lowest BCUT2D eigenvalue weighted by Gasteiger charge is -2.17. The highest BCUT2D eigenvalue weighted by Gasteiger charge is 2.22. The average molecular weight is 449 g/mol. The molecule has 0 radical (unpaired) electrons. The second-order valence-electron chi connectivity index (χ2n) is 7.90. The van der Waals surface area contributed by atoms with Crippen molar-refractivity contribution in [2.75, 3.05) is 0 Å². The van der Waals surface area contributed by atoms with Gasteiger partial charge in [-0.3, -0.25) is 0 Å². The number of carbonyl (C=O) groups is 2. The van der Waals surface area contributed by atoms with Crippen molar-refractivity contribution in [3.05, 3.63) is 143 Å². The number of benzene rings is 4. The van der Waals surface area contributed by atoms with E-state index in [1.54, 1.807) is 48.5 Å². The Morgan fingerprint density at radius 1 is 0.441 bits per heavy atom. The topological polar surface area (TPSA) is 52.6 Å². The number of esters is 2. The lowest BCUT2D eigenvalue weighted by atomic mass is 10.1. The molecule has 0 aromatic heterocycles. The molecule has 0 bridgehead atoms. The van der Waals surface area contributed by atoms with Crippen LogP contribution in [0.25, 0.3) is 11.5 Å². The quantitative estimate of drug-likeness (QED) is 0.184. The molecule has 0 saturated carbocycles. The molecule has 0 unspecified atom stereocenters. The molecule has 0 amide bonds. The van der Waals surface area contributed by atoms with E-state index in [-0.39, 0.29) is 11.5 Å². The van der Waals surface area contributed by atoms with Crippen molar-refractivity contribution in [1.82, 2.24) is 0 Å². The highest BCUT2D eigenvalue weighted by Crippen LogP contribution is 2.31. The molecule has 0 aliphatic rings. The first-order valence-electron chi connectivity index (χ1n) is 10.9. The van der Waals surface area contributed by atoms with E-state index >= 15 is 0 Å². The molecule has 4 aromatic carbocycles. The predicted molar refractivity (Wildman–Crippen MR) is 133 cm³/mol. The number of ether oxygens (including phenoxy) is 2. The highest BCUT2D eigenvalue weighted by atomic mass is 16.6. The van der Waals surface area contributed by atoms with E-state index in [1.807, 2.05) is 74.5 Å². The van der Waals surface area contributed by atoms with Crippen LogP contribution in [0.1, 0.15) is 43.0 Å². The van der Waals surface area contributed by atoms with Crippen LogP contribution in [-0.2, 0) is 9.47 Å². The van der Waals surface area contributed by atoms with Crippen LogP contribution >= 0.6 is 0 Å². The van der Waals surface area contributed by atoms with Gasteiger partial charge in [-0.15, -0.1) is 0 Å². The molecule has 4 heteroatoms. The Kier molecular flexibility index (Phi) is 6.99. The Morgan fingerprint density at radius 2 is 0.765 bits per heavy atom. The molecule has 0 saturated heterocycles. The molecule has 4 aromatic rings. The average Bonchev–Trinajstić information content (AvgIpc) is 2.88. The maximum absolute atomic E-state index is 13.0. The van der Waals surface area contributed by atoms with Crippen molar-refractivity contribution in [3.8, 4) is 0 Å². The lowest BCUT2D eigenvalue weighted by Crippen LogP contribution is -2.11. The predicted octanol–water partition coefficient (Wildman–Crippen LogP) is 6.84. The fourth-order valence-electron chi connectivity index (χ4n) is 3.33. The molecule has 4 rings (SSSR count). The Hall–Kier alpha value is -4.44. The minimum atomic E-state index is -0.545. The van der Waals surface area contributed by atoms with Gasteiger partial charge in [0, 0.05) is 11.1 Å². The summed E-state index contributed by atoms with van der Waals surface area (Å²) < 4.78 is 11.8. The zero-order valence-electron chi connectivity index (χ0n) is 19.0. The third-order valence-electron chi connectivity index (χ3n) is 5.24. The first-order valence-corrected chi connectivity index (χ1v) is 10.9. The van der Waals surface area contributed by atoms with Crippen molar-refractivity contribution < 1.29 is 19.1 Å². The Balaban J connectivity index is 1.86. The van der Waals surface area contributed by atoms with Gasteiger partial charge in [0.2, 0.25) is 0 Å². The molecule has 168 valence electrons. The molecule has 4 nitrogen and oxygen atoms in total. The van der Waals surface area contributed by atoms with E-state index in [9.17, 15) is 9.59 Å². The smallest absolute Gasteiger partial charge is 0.343 e. The molecule has 0 aliphatic carbocycles. The summed E-state index contributed by atoms with van der Waals surface area (Å²) in [5, 5.41) is 0.